The van der Waals surface area contributed by atoms with Gasteiger partial charge in [-0.15, -0.1) is 0 Å². The minimum atomic E-state index is -1.14. The molecule has 1 atom stereocenters. The van der Waals surface area contributed by atoms with Crippen molar-refractivity contribution in [2.24, 2.45) is 0 Å². The number of hydrogen-bond acceptors (Lipinski definition) is 4. The second-order valence-electron chi connectivity index (χ2n) is 3.71. The van der Waals surface area contributed by atoms with Crippen LogP contribution in [-0.4, -0.2) is 50.2 Å². The van der Waals surface area contributed by atoms with Crippen molar-refractivity contribution in [1.29, 1.82) is 0 Å². The Balaban J connectivity index is 0.00000180. The van der Waals surface area contributed by atoms with E-state index in [2.05, 4.69) is 4.98 Å². The van der Waals surface area contributed by atoms with Gasteiger partial charge in [0.15, 0.2) is 6.04 Å². The average molecular weight is 269 g/mol. The molecule has 3 N–H and O–H groups in total. The molecule has 0 aliphatic carbocycles. The molecule has 1 aromatic heterocycles. The van der Waals surface area contributed by atoms with Crippen LogP contribution in [0.1, 0.15) is 11.6 Å². The molecule has 1 aromatic carbocycles. The summed E-state index contributed by atoms with van der Waals surface area (Å²) in [5.74, 6) is -1.14. The van der Waals surface area contributed by atoms with E-state index in [9.17, 15) is 14.7 Å². The first-order valence-electron chi connectivity index (χ1n) is 5.20. The van der Waals surface area contributed by atoms with Crippen molar-refractivity contribution in [1.82, 2.24) is 9.55 Å². The van der Waals surface area contributed by atoms with Gasteiger partial charge in [0.1, 0.15) is 5.69 Å². The topological polar surface area (TPSA) is 98.2 Å². The van der Waals surface area contributed by atoms with Crippen LogP contribution in [0.2, 0.25) is 0 Å². The summed E-state index contributed by atoms with van der Waals surface area (Å²) in [7, 11) is 0. The molecule has 94 valence electrons. The van der Waals surface area contributed by atoms with E-state index in [1.807, 2.05) is 0 Å². The van der Waals surface area contributed by atoms with Crippen molar-refractivity contribution in [3.8, 4) is 0 Å². The number of aliphatic carboxylic acids is 1. The third-order valence-corrected chi connectivity index (χ3v) is 2.51. The number of rotatable bonds is 3. The van der Waals surface area contributed by atoms with Crippen LogP contribution in [0.25, 0.3) is 0 Å². The molecule has 0 aliphatic heterocycles. The average Bonchev–Trinajstić information content (AvgIpc) is 2.36. The predicted molar refractivity (Wildman–Crippen MR) is 72.3 cm³/mol. The molecule has 1 heterocycles. The van der Waals surface area contributed by atoms with Gasteiger partial charge in [0.25, 0.3) is 5.56 Å². The Kier molecular flexibility index (Phi) is 5.29. The van der Waals surface area contributed by atoms with Crippen LogP contribution >= 0.6 is 0 Å². The zero-order valence-electron chi connectivity index (χ0n) is 9.35. The Morgan fingerprint density at radius 2 is 1.95 bits per heavy atom. The first-order valence-corrected chi connectivity index (χ1v) is 5.20. The minimum absolute atomic E-state index is 0. The predicted octanol–water partition coefficient (Wildman–Crippen LogP) is -0.149. The molecular formula is C12H12N3NaO3. The van der Waals surface area contributed by atoms with Gasteiger partial charge in [-0.3, -0.25) is 9.36 Å². The summed E-state index contributed by atoms with van der Waals surface area (Å²) >= 11 is 0. The zero-order chi connectivity index (χ0) is 13.1. The molecule has 6 nitrogen and oxygen atoms in total. The van der Waals surface area contributed by atoms with Crippen molar-refractivity contribution in [3.63, 3.8) is 0 Å². The van der Waals surface area contributed by atoms with E-state index >= 15 is 0 Å². The Hall–Kier alpha value is -1.63. The Bertz CT molecular complexity index is 628. The number of nitrogen functional groups attached to an aromatic ring is 1. The van der Waals surface area contributed by atoms with Gasteiger partial charge in [-0.1, -0.05) is 30.3 Å². The van der Waals surface area contributed by atoms with Crippen LogP contribution in [0.15, 0.2) is 47.7 Å². The Morgan fingerprint density at radius 3 is 2.53 bits per heavy atom. The second kappa shape index (κ2) is 6.51. The first-order chi connectivity index (χ1) is 8.61. The molecule has 0 fully saturated rings. The standard InChI is InChI=1S/C12H11N3O3.Na.H/c13-9-6-14-7-15(11(9)16)10(12(17)18)8-4-2-1-3-5-8;;/h1-7,10H,13H2,(H,17,18);;. The number of carboxylic acid groups (broad SMARTS) is 1. The van der Waals surface area contributed by atoms with E-state index < -0.39 is 17.6 Å². The van der Waals surface area contributed by atoms with Crippen LogP contribution in [0.3, 0.4) is 0 Å². The van der Waals surface area contributed by atoms with E-state index in [4.69, 9.17) is 5.73 Å². The Morgan fingerprint density at radius 1 is 1.32 bits per heavy atom. The van der Waals surface area contributed by atoms with E-state index in [-0.39, 0.29) is 35.2 Å². The van der Waals surface area contributed by atoms with Gasteiger partial charge in [-0.05, 0) is 5.56 Å². The van der Waals surface area contributed by atoms with Crippen LogP contribution in [-0.2, 0) is 4.79 Å². The van der Waals surface area contributed by atoms with Crippen molar-refractivity contribution in [3.05, 3.63) is 58.8 Å². The second-order valence-corrected chi connectivity index (χ2v) is 3.71. The monoisotopic (exact) mass is 269 g/mol. The van der Waals surface area contributed by atoms with Crippen LogP contribution < -0.4 is 11.3 Å². The molecule has 2 rings (SSSR count). The summed E-state index contributed by atoms with van der Waals surface area (Å²) < 4.78 is 1.01. The quantitative estimate of drug-likeness (QED) is 0.755. The van der Waals surface area contributed by atoms with Crippen LogP contribution in [0, 0.1) is 0 Å². The van der Waals surface area contributed by atoms with Crippen molar-refractivity contribution >= 4 is 41.2 Å². The third kappa shape index (κ3) is 3.23. The normalized spacial score (nSPS) is 11.4. The fourth-order valence-electron chi connectivity index (χ4n) is 1.68. The van der Waals surface area contributed by atoms with Gasteiger partial charge in [0.2, 0.25) is 0 Å². The van der Waals surface area contributed by atoms with Crippen molar-refractivity contribution in [2.45, 2.75) is 6.04 Å². The summed E-state index contributed by atoms with van der Waals surface area (Å²) in [5.41, 5.74) is 5.28. The van der Waals surface area contributed by atoms with E-state index in [0.29, 0.717) is 5.56 Å². The molecule has 0 bridgehead atoms. The van der Waals surface area contributed by atoms with E-state index in [1.165, 1.54) is 12.5 Å². The molecule has 0 saturated carbocycles. The SMILES string of the molecule is Nc1cncn(C(C(=O)O)c2ccccc2)c1=O.[NaH]. The summed E-state index contributed by atoms with van der Waals surface area (Å²) in [6.45, 7) is 0. The number of nitrogens with two attached hydrogens (primary N) is 1. The molecular weight excluding hydrogens is 257 g/mol. The number of carboxylic acids is 1. The fraction of sp³-hybridized carbons (Fsp3) is 0.0833. The van der Waals surface area contributed by atoms with Crippen LogP contribution in [0.4, 0.5) is 5.69 Å². The number of aromatic nitrogens is 2. The van der Waals surface area contributed by atoms with Crippen LogP contribution in [0.5, 0.6) is 0 Å². The molecule has 7 heteroatoms. The Labute approximate surface area is 131 Å². The third-order valence-electron chi connectivity index (χ3n) is 2.51. The van der Waals surface area contributed by atoms with Gasteiger partial charge in [-0.2, -0.15) is 0 Å². The van der Waals surface area contributed by atoms with Gasteiger partial charge in [-0.25, -0.2) is 9.78 Å². The summed E-state index contributed by atoms with van der Waals surface area (Å²) in [4.78, 5) is 26.9. The zero-order valence-corrected chi connectivity index (χ0v) is 9.35. The first kappa shape index (κ1) is 15.4. The van der Waals surface area contributed by atoms with Crippen molar-refractivity contribution in [2.75, 3.05) is 5.73 Å². The number of anilines is 1. The van der Waals surface area contributed by atoms with Gasteiger partial charge >= 0.3 is 35.5 Å². The maximum atomic E-state index is 11.8. The van der Waals surface area contributed by atoms with E-state index in [0.717, 1.165) is 4.57 Å². The number of hydrogen-bond donors (Lipinski definition) is 2. The molecule has 0 spiro atoms. The van der Waals surface area contributed by atoms with Gasteiger partial charge < -0.3 is 10.8 Å². The molecule has 0 amide bonds. The molecule has 0 aliphatic rings. The molecule has 0 radical (unpaired) electrons. The molecule has 19 heavy (non-hydrogen) atoms. The van der Waals surface area contributed by atoms with Gasteiger partial charge in [0.05, 0.1) is 12.5 Å². The number of benzene rings is 1. The number of nitrogens with zero attached hydrogens (tertiary/aromatic N) is 2. The summed E-state index contributed by atoms with van der Waals surface area (Å²) in [6.07, 6.45) is 2.37. The van der Waals surface area contributed by atoms with E-state index in [1.54, 1.807) is 30.3 Å². The summed E-state index contributed by atoms with van der Waals surface area (Å²) in [6, 6.07) is 7.31. The fourth-order valence-corrected chi connectivity index (χ4v) is 1.68. The maximum absolute atomic E-state index is 11.8. The molecule has 0 saturated heterocycles. The van der Waals surface area contributed by atoms with Gasteiger partial charge in [0, 0.05) is 0 Å². The number of carbonyl (C=O) groups is 1. The molecule has 2 aromatic rings. The van der Waals surface area contributed by atoms with Crippen molar-refractivity contribution < 1.29 is 9.90 Å². The summed E-state index contributed by atoms with van der Waals surface area (Å²) in [5, 5.41) is 9.27. The molecule has 1 unspecified atom stereocenters.